The molecule has 3 nitrogen and oxygen atoms in total. The highest BCUT2D eigenvalue weighted by Crippen LogP contribution is 2.10. The Bertz CT molecular complexity index is 312. The van der Waals surface area contributed by atoms with Gasteiger partial charge in [-0.25, -0.2) is 0 Å². The summed E-state index contributed by atoms with van der Waals surface area (Å²) in [6.45, 7) is 4.76. The summed E-state index contributed by atoms with van der Waals surface area (Å²) in [5.41, 5.74) is 0. The highest BCUT2D eigenvalue weighted by molar-refractivity contribution is 7.86. The third-order valence-electron chi connectivity index (χ3n) is 4.01. The topological polar surface area (TPSA) is 43.4 Å². The van der Waals surface area contributed by atoms with Crippen LogP contribution in [0.5, 0.6) is 0 Å². The van der Waals surface area contributed by atoms with Gasteiger partial charge in [-0.05, 0) is 12.8 Å². The van der Waals surface area contributed by atoms with Crippen molar-refractivity contribution in [1.29, 1.82) is 0 Å². The standard InChI is InChI=1S/C18H38O3S/c1-3-5-7-9-10-11-12-13-15-17-21-22(19,20)18-16-14-8-6-4-2/h3-18H2,1-2H3. The second-order valence-electron chi connectivity index (χ2n) is 6.33. The quantitative estimate of drug-likeness (QED) is 0.248. The number of hydrogen-bond donors (Lipinski definition) is 0. The van der Waals surface area contributed by atoms with Gasteiger partial charge in [0.2, 0.25) is 0 Å². The Morgan fingerprint density at radius 2 is 1.00 bits per heavy atom. The van der Waals surface area contributed by atoms with Crippen molar-refractivity contribution in [3.63, 3.8) is 0 Å². The molecule has 0 unspecified atom stereocenters. The lowest BCUT2D eigenvalue weighted by Crippen LogP contribution is -2.11. The average molecular weight is 335 g/mol. The molecule has 0 aliphatic carbocycles. The first-order valence-electron chi connectivity index (χ1n) is 9.49. The van der Waals surface area contributed by atoms with Crippen molar-refractivity contribution in [2.45, 2.75) is 104 Å². The first-order chi connectivity index (χ1) is 10.6. The first-order valence-corrected chi connectivity index (χ1v) is 11.1. The van der Waals surface area contributed by atoms with Gasteiger partial charge in [-0.1, -0.05) is 90.9 Å². The van der Waals surface area contributed by atoms with Crippen LogP contribution in [0, 0.1) is 0 Å². The average Bonchev–Trinajstić information content (AvgIpc) is 2.49. The van der Waals surface area contributed by atoms with Crippen molar-refractivity contribution in [3.05, 3.63) is 0 Å². The molecule has 0 spiro atoms. The van der Waals surface area contributed by atoms with E-state index in [9.17, 15) is 8.42 Å². The molecule has 0 bridgehead atoms. The van der Waals surface area contributed by atoms with Gasteiger partial charge in [0.1, 0.15) is 0 Å². The van der Waals surface area contributed by atoms with Crippen molar-refractivity contribution in [3.8, 4) is 0 Å². The molecule has 0 saturated carbocycles. The van der Waals surface area contributed by atoms with E-state index in [2.05, 4.69) is 13.8 Å². The molecule has 22 heavy (non-hydrogen) atoms. The summed E-state index contributed by atoms with van der Waals surface area (Å²) in [5.74, 6) is 0.189. The minimum Gasteiger partial charge on any atom is -0.270 e. The molecular formula is C18H38O3S. The zero-order valence-corrected chi connectivity index (χ0v) is 15.8. The summed E-state index contributed by atoms with van der Waals surface area (Å²) in [4.78, 5) is 0. The van der Waals surface area contributed by atoms with Crippen LogP contribution in [-0.4, -0.2) is 20.8 Å². The molecular weight excluding hydrogens is 296 g/mol. The van der Waals surface area contributed by atoms with Gasteiger partial charge in [0, 0.05) is 0 Å². The van der Waals surface area contributed by atoms with Gasteiger partial charge < -0.3 is 0 Å². The summed E-state index contributed by atoms with van der Waals surface area (Å²) in [7, 11) is -3.28. The summed E-state index contributed by atoms with van der Waals surface area (Å²) >= 11 is 0. The molecule has 0 aromatic heterocycles. The Kier molecular flexibility index (Phi) is 15.7. The van der Waals surface area contributed by atoms with Gasteiger partial charge in [0.05, 0.1) is 12.4 Å². The molecule has 0 rings (SSSR count). The van der Waals surface area contributed by atoms with Gasteiger partial charge >= 0.3 is 0 Å². The molecule has 0 aromatic rings. The lowest BCUT2D eigenvalue weighted by atomic mass is 10.1. The molecule has 0 aliphatic heterocycles. The molecule has 0 N–H and O–H groups in total. The van der Waals surface area contributed by atoms with Gasteiger partial charge in [-0.15, -0.1) is 0 Å². The van der Waals surface area contributed by atoms with E-state index in [0.29, 0.717) is 6.61 Å². The maximum atomic E-state index is 11.7. The fraction of sp³-hybridized carbons (Fsp3) is 1.00. The lowest BCUT2D eigenvalue weighted by molar-refractivity contribution is 0.305. The van der Waals surface area contributed by atoms with Crippen LogP contribution >= 0.6 is 0 Å². The van der Waals surface area contributed by atoms with Crippen LogP contribution in [0.2, 0.25) is 0 Å². The molecule has 0 heterocycles. The normalized spacial score (nSPS) is 11.9. The summed E-state index contributed by atoms with van der Waals surface area (Å²) in [5, 5.41) is 0. The summed E-state index contributed by atoms with van der Waals surface area (Å²) in [6, 6.07) is 0. The first kappa shape index (κ1) is 21.9. The zero-order chi connectivity index (χ0) is 16.5. The van der Waals surface area contributed by atoms with Crippen LogP contribution in [-0.2, 0) is 14.3 Å². The minimum atomic E-state index is -3.28. The Morgan fingerprint density at radius 3 is 1.50 bits per heavy atom. The second kappa shape index (κ2) is 15.8. The van der Waals surface area contributed by atoms with E-state index in [0.717, 1.165) is 32.1 Å². The molecule has 0 amide bonds. The number of hydrogen-bond acceptors (Lipinski definition) is 3. The molecule has 0 fully saturated rings. The van der Waals surface area contributed by atoms with Gasteiger partial charge in [-0.3, -0.25) is 4.18 Å². The molecule has 0 atom stereocenters. The molecule has 134 valence electrons. The molecule has 0 radical (unpaired) electrons. The molecule has 4 heteroatoms. The fourth-order valence-corrected chi connectivity index (χ4v) is 3.59. The second-order valence-corrected chi connectivity index (χ2v) is 8.09. The highest BCUT2D eigenvalue weighted by Gasteiger charge is 2.10. The Labute approximate surface area is 139 Å². The Balaban J connectivity index is 3.34. The highest BCUT2D eigenvalue weighted by atomic mass is 32.2. The van der Waals surface area contributed by atoms with E-state index in [-0.39, 0.29) is 5.75 Å². The van der Waals surface area contributed by atoms with Gasteiger partial charge in [0.25, 0.3) is 10.1 Å². The maximum Gasteiger partial charge on any atom is 0.267 e. The molecule has 0 aromatic carbocycles. The monoisotopic (exact) mass is 334 g/mol. The molecule has 0 aliphatic rings. The van der Waals surface area contributed by atoms with Crippen LogP contribution in [0.4, 0.5) is 0 Å². The fourth-order valence-electron chi connectivity index (χ4n) is 2.54. The Morgan fingerprint density at radius 1 is 0.591 bits per heavy atom. The largest absolute Gasteiger partial charge is 0.270 e. The number of rotatable bonds is 17. The third-order valence-corrected chi connectivity index (χ3v) is 5.32. The van der Waals surface area contributed by atoms with Crippen molar-refractivity contribution in [2.24, 2.45) is 0 Å². The zero-order valence-electron chi connectivity index (χ0n) is 14.9. The van der Waals surface area contributed by atoms with E-state index in [4.69, 9.17) is 4.18 Å². The van der Waals surface area contributed by atoms with E-state index >= 15 is 0 Å². The van der Waals surface area contributed by atoms with Crippen LogP contribution < -0.4 is 0 Å². The Hall–Kier alpha value is -0.0900. The van der Waals surface area contributed by atoms with Crippen LogP contribution in [0.25, 0.3) is 0 Å². The van der Waals surface area contributed by atoms with E-state index in [1.807, 2.05) is 0 Å². The summed E-state index contributed by atoms with van der Waals surface area (Å²) < 4.78 is 28.4. The van der Waals surface area contributed by atoms with Crippen molar-refractivity contribution >= 4 is 10.1 Å². The molecule has 0 saturated heterocycles. The van der Waals surface area contributed by atoms with Crippen molar-refractivity contribution < 1.29 is 12.6 Å². The van der Waals surface area contributed by atoms with Crippen LogP contribution in [0.1, 0.15) is 104 Å². The van der Waals surface area contributed by atoms with E-state index in [1.54, 1.807) is 0 Å². The van der Waals surface area contributed by atoms with Crippen molar-refractivity contribution in [2.75, 3.05) is 12.4 Å². The van der Waals surface area contributed by atoms with Crippen molar-refractivity contribution in [1.82, 2.24) is 0 Å². The lowest BCUT2D eigenvalue weighted by Gasteiger charge is -2.06. The van der Waals surface area contributed by atoms with Crippen LogP contribution in [0.3, 0.4) is 0 Å². The predicted molar refractivity (Wildman–Crippen MR) is 95.7 cm³/mol. The SMILES string of the molecule is CCCCCCCCCCCOS(=O)(=O)CCCCCCC. The third kappa shape index (κ3) is 16.3. The number of unbranched alkanes of at least 4 members (excludes halogenated alkanes) is 12. The van der Waals surface area contributed by atoms with Gasteiger partial charge in [-0.2, -0.15) is 8.42 Å². The van der Waals surface area contributed by atoms with E-state index < -0.39 is 10.1 Å². The predicted octanol–water partition coefficient (Wildman–Crippen LogP) is 5.83. The minimum absolute atomic E-state index is 0.189. The van der Waals surface area contributed by atoms with Crippen LogP contribution in [0.15, 0.2) is 0 Å². The smallest absolute Gasteiger partial charge is 0.267 e. The maximum absolute atomic E-state index is 11.7. The van der Waals surface area contributed by atoms with Gasteiger partial charge in [0.15, 0.2) is 0 Å². The summed E-state index contributed by atoms with van der Waals surface area (Å²) in [6.07, 6.45) is 16.3. The van der Waals surface area contributed by atoms with E-state index in [1.165, 1.54) is 57.8 Å².